The summed E-state index contributed by atoms with van der Waals surface area (Å²) in [5.74, 6) is 0.959. The fourth-order valence-corrected chi connectivity index (χ4v) is 3.84. The van der Waals surface area contributed by atoms with Gasteiger partial charge < -0.3 is 9.80 Å². The molecule has 0 bridgehead atoms. The van der Waals surface area contributed by atoms with Crippen molar-refractivity contribution in [3.63, 3.8) is 0 Å². The number of hydrogen-bond acceptors (Lipinski definition) is 3. The van der Waals surface area contributed by atoms with Gasteiger partial charge in [-0.15, -0.1) is 0 Å². The lowest BCUT2D eigenvalue weighted by atomic mass is 10.1. The van der Waals surface area contributed by atoms with Crippen LogP contribution in [0.15, 0.2) is 63.2 Å². The molecule has 0 aromatic heterocycles. The highest BCUT2D eigenvalue weighted by atomic mass is 35.5. The van der Waals surface area contributed by atoms with Gasteiger partial charge in [-0.1, -0.05) is 64.4 Å². The van der Waals surface area contributed by atoms with E-state index in [1.165, 1.54) is 16.8 Å². The maximum absolute atomic E-state index is 6.21. The summed E-state index contributed by atoms with van der Waals surface area (Å²) in [5, 5.41) is 0.633. The van der Waals surface area contributed by atoms with Crippen LogP contribution < -0.4 is 0 Å². The molecule has 0 unspecified atom stereocenters. The van der Waals surface area contributed by atoms with Crippen LogP contribution >= 0.6 is 23.2 Å². The monoisotopic (exact) mass is 423 g/mol. The molecule has 28 heavy (non-hydrogen) atoms. The Bertz CT molecular complexity index is 695. The first-order valence-corrected chi connectivity index (χ1v) is 11.2. The highest BCUT2D eigenvalue weighted by Gasteiger charge is 2.30. The Morgan fingerprint density at radius 2 is 1.93 bits per heavy atom. The molecule has 0 spiro atoms. The minimum atomic E-state index is 0.448. The van der Waals surface area contributed by atoms with Crippen molar-refractivity contribution in [2.75, 3.05) is 6.54 Å². The second-order valence-corrected chi connectivity index (χ2v) is 7.26. The van der Waals surface area contributed by atoms with Gasteiger partial charge in [0.1, 0.15) is 0 Å². The van der Waals surface area contributed by atoms with E-state index in [0.717, 1.165) is 49.5 Å². The van der Waals surface area contributed by atoms with Crippen molar-refractivity contribution in [1.82, 2.24) is 9.80 Å². The highest BCUT2D eigenvalue weighted by Crippen LogP contribution is 2.32. The number of aliphatic imine (C=N–C) groups is 1. The first-order chi connectivity index (χ1) is 13.5. The van der Waals surface area contributed by atoms with Crippen molar-refractivity contribution in [3.05, 3.63) is 58.2 Å². The number of rotatable bonds is 6. The van der Waals surface area contributed by atoms with Gasteiger partial charge in [0, 0.05) is 35.1 Å². The summed E-state index contributed by atoms with van der Waals surface area (Å²) in [4.78, 5) is 9.48. The van der Waals surface area contributed by atoms with E-state index in [1.54, 1.807) is 6.08 Å². The van der Waals surface area contributed by atoms with Gasteiger partial charge in [0.25, 0.3) is 0 Å². The summed E-state index contributed by atoms with van der Waals surface area (Å²) in [7, 11) is 0. The maximum Gasteiger partial charge on any atom is 0.156 e. The molecule has 0 amide bonds. The van der Waals surface area contributed by atoms with E-state index < -0.39 is 0 Å². The number of nitrogens with zero attached hydrogens (tertiary/aromatic N) is 3. The molecular weight excluding hydrogens is 389 g/mol. The van der Waals surface area contributed by atoms with Crippen molar-refractivity contribution in [2.45, 2.75) is 73.3 Å². The van der Waals surface area contributed by atoms with Crippen molar-refractivity contribution in [2.24, 2.45) is 4.99 Å². The lowest BCUT2D eigenvalue weighted by Gasteiger charge is -2.37. The highest BCUT2D eigenvalue weighted by molar-refractivity contribution is 6.33. The SMILES string of the molecule is C=C1C(N2CCC(/C=C(Cl)\C=C\Cl)=C2C)=NC(CC)=CN1C(CC)CC.CC. The minimum absolute atomic E-state index is 0.448. The smallest absolute Gasteiger partial charge is 0.156 e. The number of amidine groups is 1. The van der Waals surface area contributed by atoms with Gasteiger partial charge >= 0.3 is 0 Å². The summed E-state index contributed by atoms with van der Waals surface area (Å²) in [6.07, 6.45) is 9.84. The quantitative estimate of drug-likeness (QED) is 0.410. The van der Waals surface area contributed by atoms with Gasteiger partial charge in [-0.2, -0.15) is 0 Å². The van der Waals surface area contributed by atoms with Crippen LogP contribution in [0.25, 0.3) is 0 Å². The van der Waals surface area contributed by atoms with Crippen LogP contribution in [-0.4, -0.2) is 28.2 Å². The number of hydrogen-bond donors (Lipinski definition) is 0. The molecular formula is C23H35Cl2N3. The molecule has 0 atom stereocenters. The van der Waals surface area contributed by atoms with E-state index in [2.05, 4.69) is 50.3 Å². The first kappa shape index (κ1) is 24.6. The average molecular weight is 424 g/mol. The predicted octanol–water partition coefficient (Wildman–Crippen LogP) is 7.54. The van der Waals surface area contributed by atoms with Crippen LogP contribution in [0.2, 0.25) is 0 Å². The zero-order valence-electron chi connectivity index (χ0n) is 18.2. The molecule has 0 aliphatic carbocycles. The van der Waals surface area contributed by atoms with E-state index in [4.69, 9.17) is 28.2 Å². The summed E-state index contributed by atoms with van der Waals surface area (Å²) in [5.41, 5.74) is 5.89. The molecule has 2 aliphatic heterocycles. The summed E-state index contributed by atoms with van der Waals surface area (Å²) in [6.45, 7) is 18.0. The Balaban J connectivity index is 0.00000190. The molecule has 2 aliphatic rings. The Labute approximate surface area is 181 Å². The molecule has 2 rings (SSSR count). The molecule has 2 heterocycles. The Morgan fingerprint density at radius 3 is 2.46 bits per heavy atom. The lowest BCUT2D eigenvalue weighted by molar-refractivity contribution is 0.321. The third-order valence-corrected chi connectivity index (χ3v) is 5.43. The van der Waals surface area contributed by atoms with Crippen LogP contribution in [0.5, 0.6) is 0 Å². The van der Waals surface area contributed by atoms with Crippen molar-refractivity contribution in [1.29, 1.82) is 0 Å². The van der Waals surface area contributed by atoms with Gasteiger partial charge in [-0.25, -0.2) is 4.99 Å². The van der Waals surface area contributed by atoms with Crippen LogP contribution in [0, 0.1) is 0 Å². The zero-order valence-corrected chi connectivity index (χ0v) is 19.7. The molecule has 0 saturated heterocycles. The fourth-order valence-electron chi connectivity index (χ4n) is 3.45. The summed E-state index contributed by atoms with van der Waals surface area (Å²) < 4.78 is 0. The van der Waals surface area contributed by atoms with Gasteiger partial charge in [0.05, 0.1) is 11.4 Å². The summed E-state index contributed by atoms with van der Waals surface area (Å²) in [6, 6.07) is 0.448. The molecule has 0 fully saturated rings. The van der Waals surface area contributed by atoms with Gasteiger partial charge in [0.15, 0.2) is 5.84 Å². The molecule has 5 heteroatoms. The standard InChI is InChI=1S/C21H29Cl2N3.C2H6/c1-6-19-14-26(20(7-2)8-3)16(5)21(24-19)25-12-10-17(15(25)4)13-18(23)9-11-22;1-2/h9,11,13-14,20H,5-8,10,12H2,1-4H3;1-2H3/b11-9+,18-13+;. The zero-order chi connectivity index (χ0) is 21.3. The molecule has 0 N–H and O–H groups in total. The van der Waals surface area contributed by atoms with Crippen LogP contribution in [0.1, 0.15) is 67.2 Å². The van der Waals surface area contributed by atoms with Crippen LogP contribution in [0.4, 0.5) is 0 Å². The largest absolute Gasteiger partial charge is 0.341 e. The number of halogens is 2. The Morgan fingerprint density at radius 1 is 1.29 bits per heavy atom. The third kappa shape index (κ3) is 5.78. The maximum atomic E-state index is 6.21. The van der Waals surface area contributed by atoms with Crippen molar-refractivity contribution in [3.8, 4) is 0 Å². The van der Waals surface area contributed by atoms with Gasteiger partial charge in [-0.3, -0.25) is 0 Å². The topological polar surface area (TPSA) is 18.8 Å². The molecule has 3 nitrogen and oxygen atoms in total. The molecule has 156 valence electrons. The van der Waals surface area contributed by atoms with Crippen LogP contribution in [-0.2, 0) is 0 Å². The normalized spacial score (nSPS) is 18.0. The molecule has 0 saturated carbocycles. The molecule has 0 aromatic carbocycles. The molecule has 0 radical (unpaired) electrons. The van der Waals surface area contributed by atoms with E-state index in [1.807, 2.05) is 19.9 Å². The average Bonchev–Trinajstić information content (AvgIpc) is 3.06. The van der Waals surface area contributed by atoms with E-state index in [9.17, 15) is 0 Å². The van der Waals surface area contributed by atoms with Crippen molar-refractivity contribution < 1.29 is 0 Å². The van der Waals surface area contributed by atoms with Gasteiger partial charge in [0.2, 0.25) is 0 Å². The van der Waals surface area contributed by atoms with Gasteiger partial charge in [-0.05, 0) is 50.3 Å². The van der Waals surface area contributed by atoms with E-state index in [-0.39, 0.29) is 0 Å². The predicted molar refractivity (Wildman–Crippen MR) is 125 cm³/mol. The summed E-state index contributed by atoms with van der Waals surface area (Å²) >= 11 is 11.8. The van der Waals surface area contributed by atoms with Crippen LogP contribution in [0.3, 0.4) is 0 Å². The third-order valence-electron chi connectivity index (χ3n) is 5.07. The Hall–Kier alpha value is -1.45. The molecule has 0 aromatic rings. The van der Waals surface area contributed by atoms with Crippen molar-refractivity contribution >= 4 is 29.0 Å². The number of allylic oxidation sites excluding steroid dienone is 5. The second kappa shape index (κ2) is 12.2. The fraction of sp³-hybridized carbons (Fsp3) is 0.522. The Kier molecular flexibility index (Phi) is 10.7. The minimum Gasteiger partial charge on any atom is -0.341 e. The first-order valence-electron chi connectivity index (χ1n) is 10.3. The second-order valence-electron chi connectivity index (χ2n) is 6.57. The van der Waals surface area contributed by atoms with E-state index >= 15 is 0 Å². The van der Waals surface area contributed by atoms with E-state index in [0.29, 0.717) is 11.1 Å². The lowest BCUT2D eigenvalue weighted by Crippen LogP contribution is -2.40.